The van der Waals surface area contributed by atoms with Crippen molar-refractivity contribution in [3.8, 4) is 0 Å². The fourth-order valence-corrected chi connectivity index (χ4v) is 2.50. The molecule has 116 valence electrons. The SMILES string of the molecule is CNc1nc(N2C[C@@H](CC(=O)N(C)C)[C@H](O)C2)ncc1Cl. The van der Waals surface area contributed by atoms with Gasteiger partial charge < -0.3 is 20.2 Å². The lowest BCUT2D eigenvalue weighted by Gasteiger charge is -2.17. The molecule has 7 nitrogen and oxygen atoms in total. The van der Waals surface area contributed by atoms with E-state index in [0.717, 1.165) is 0 Å². The van der Waals surface area contributed by atoms with Crippen molar-refractivity contribution in [2.24, 2.45) is 5.92 Å². The highest BCUT2D eigenvalue weighted by atomic mass is 35.5. The first-order valence-electron chi connectivity index (χ1n) is 6.75. The van der Waals surface area contributed by atoms with E-state index >= 15 is 0 Å². The zero-order valence-electron chi connectivity index (χ0n) is 12.4. The first kappa shape index (κ1) is 15.8. The van der Waals surface area contributed by atoms with E-state index in [-0.39, 0.29) is 11.8 Å². The molecule has 1 aromatic rings. The summed E-state index contributed by atoms with van der Waals surface area (Å²) in [6.45, 7) is 0.960. The number of halogens is 1. The Balaban J connectivity index is 2.08. The number of hydrogen-bond donors (Lipinski definition) is 2. The number of carbonyl (C=O) groups is 1. The molecule has 0 radical (unpaired) electrons. The monoisotopic (exact) mass is 313 g/mol. The van der Waals surface area contributed by atoms with E-state index in [9.17, 15) is 9.90 Å². The van der Waals surface area contributed by atoms with Crippen LogP contribution >= 0.6 is 11.6 Å². The molecule has 0 aromatic carbocycles. The van der Waals surface area contributed by atoms with Gasteiger partial charge in [-0.25, -0.2) is 4.98 Å². The summed E-state index contributed by atoms with van der Waals surface area (Å²) in [4.78, 5) is 23.7. The number of aliphatic hydroxyl groups is 1. The van der Waals surface area contributed by atoms with E-state index in [0.29, 0.717) is 36.3 Å². The van der Waals surface area contributed by atoms with Gasteiger partial charge in [0.05, 0.1) is 12.3 Å². The van der Waals surface area contributed by atoms with Gasteiger partial charge in [-0.05, 0) is 0 Å². The minimum atomic E-state index is -0.564. The summed E-state index contributed by atoms with van der Waals surface area (Å²) in [5.41, 5.74) is 0. The first-order valence-corrected chi connectivity index (χ1v) is 7.13. The molecule has 1 fully saturated rings. The highest BCUT2D eigenvalue weighted by Crippen LogP contribution is 2.26. The molecule has 0 spiro atoms. The number of hydrogen-bond acceptors (Lipinski definition) is 6. The molecule has 2 rings (SSSR count). The third-order valence-electron chi connectivity index (χ3n) is 3.59. The maximum atomic E-state index is 11.8. The molecule has 1 aromatic heterocycles. The summed E-state index contributed by atoms with van der Waals surface area (Å²) < 4.78 is 0. The Labute approximate surface area is 128 Å². The van der Waals surface area contributed by atoms with Crippen molar-refractivity contribution in [3.63, 3.8) is 0 Å². The van der Waals surface area contributed by atoms with Crippen molar-refractivity contribution in [1.82, 2.24) is 14.9 Å². The third kappa shape index (κ3) is 3.54. The molecule has 2 heterocycles. The average Bonchev–Trinajstić information content (AvgIpc) is 2.80. The van der Waals surface area contributed by atoms with E-state index in [1.165, 1.54) is 11.1 Å². The predicted octanol–water partition coefficient (Wildman–Crippen LogP) is 0.447. The summed E-state index contributed by atoms with van der Waals surface area (Å²) in [5, 5.41) is 13.5. The van der Waals surface area contributed by atoms with Crippen LogP contribution in [-0.2, 0) is 4.79 Å². The maximum absolute atomic E-state index is 11.8. The van der Waals surface area contributed by atoms with E-state index in [1.54, 1.807) is 21.1 Å². The van der Waals surface area contributed by atoms with Gasteiger partial charge in [0.1, 0.15) is 10.8 Å². The molecule has 2 N–H and O–H groups in total. The highest BCUT2D eigenvalue weighted by Gasteiger charge is 2.34. The predicted molar refractivity (Wildman–Crippen MR) is 81.6 cm³/mol. The van der Waals surface area contributed by atoms with Gasteiger partial charge in [0, 0.05) is 46.6 Å². The van der Waals surface area contributed by atoms with Crippen LogP contribution in [0.25, 0.3) is 0 Å². The second-order valence-corrected chi connectivity index (χ2v) is 5.75. The van der Waals surface area contributed by atoms with Crippen molar-refractivity contribution < 1.29 is 9.90 Å². The van der Waals surface area contributed by atoms with Crippen LogP contribution in [0.3, 0.4) is 0 Å². The summed E-state index contributed by atoms with van der Waals surface area (Å²) >= 11 is 5.96. The molecule has 0 unspecified atom stereocenters. The second kappa shape index (κ2) is 6.44. The molecule has 1 saturated heterocycles. The number of β-amino-alcohol motifs (C(OH)–C–C–N with tert-alkyl or cyclic N) is 1. The van der Waals surface area contributed by atoms with Gasteiger partial charge in [-0.3, -0.25) is 4.79 Å². The Kier molecular flexibility index (Phi) is 4.84. The van der Waals surface area contributed by atoms with Crippen LogP contribution in [0, 0.1) is 5.92 Å². The molecular weight excluding hydrogens is 294 g/mol. The number of carbonyl (C=O) groups excluding carboxylic acids is 1. The van der Waals surface area contributed by atoms with Gasteiger partial charge in [-0.1, -0.05) is 11.6 Å². The first-order chi connectivity index (χ1) is 9.92. The molecule has 1 aliphatic heterocycles. The lowest BCUT2D eigenvalue weighted by molar-refractivity contribution is -0.130. The Morgan fingerprint density at radius 3 is 2.90 bits per heavy atom. The van der Waals surface area contributed by atoms with E-state index in [1.807, 2.05) is 4.90 Å². The summed E-state index contributed by atoms with van der Waals surface area (Å²) in [7, 11) is 5.15. The van der Waals surface area contributed by atoms with Gasteiger partial charge in [0.15, 0.2) is 0 Å². The van der Waals surface area contributed by atoms with Crippen LogP contribution in [-0.4, -0.2) is 66.2 Å². The van der Waals surface area contributed by atoms with Crippen LogP contribution < -0.4 is 10.2 Å². The topological polar surface area (TPSA) is 81.6 Å². The highest BCUT2D eigenvalue weighted by molar-refractivity contribution is 6.32. The zero-order valence-corrected chi connectivity index (χ0v) is 13.1. The zero-order chi connectivity index (χ0) is 15.6. The second-order valence-electron chi connectivity index (χ2n) is 5.34. The summed E-state index contributed by atoms with van der Waals surface area (Å²) in [5.74, 6) is 0.942. The van der Waals surface area contributed by atoms with Gasteiger partial charge in [-0.15, -0.1) is 0 Å². The summed E-state index contributed by atoms with van der Waals surface area (Å²) in [6, 6.07) is 0. The fraction of sp³-hybridized carbons (Fsp3) is 0.615. The molecule has 1 aliphatic rings. The van der Waals surface area contributed by atoms with E-state index < -0.39 is 6.10 Å². The van der Waals surface area contributed by atoms with E-state index in [4.69, 9.17) is 11.6 Å². The number of aliphatic hydroxyl groups excluding tert-OH is 1. The number of anilines is 2. The standard InChI is InChI=1S/C13H20ClN5O2/c1-15-12-9(14)5-16-13(17-12)19-6-8(10(20)7-19)4-11(21)18(2)3/h5,8,10,20H,4,6-7H2,1-3H3,(H,15,16,17)/t8-,10-/m1/s1. The lowest BCUT2D eigenvalue weighted by atomic mass is 10.0. The van der Waals surface area contributed by atoms with Crippen molar-refractivity contribution >= 4 is 29.3 Å². The Morgan fingerprint density at radius 2 is 2.29 bits per heavy atom. The van der Waals surface area contributed by atoms with Gasteiger partial charge in [0.25, 0.3) is 0 Å². The molecule has 21 heavy (non-hydrogen) atoms. The molecule has 1 amide bonds. The number of amides is 1. The van der Waals surface area contributed by atoms with E-state index in [2.05, 4.69) is 15.3 Å². The minimum Gasteiger partial charge on any atom is -0.391 e. The van der Waals surface area contributed by atoms with Gasteiger partial charge >= 0.3 is 0 Å². The van der Waals surface area contributed by atoms with Crippen LogP contribution in [0.1, 0.15) is 6.42 Å². The molecule has 0 bridgehead atoms. The maximum Gasteiger partial charge on any atom is 0.227 e. The Morgan fingerprint density at radius 1 is 1.57 bits per heavy atom. The van der Waals surface area contributed by atoms with Crippen LogP contribution in [0.4, 0.5) is 11.8 Å². The number of aromatic nitrogens is 2. The van der Waals surface area contributed by atoms with Crippen LogP contribution in [0.2, 0.25) is 5.02 Å². The molecule has 0 aliphatic carbocycles. The van der Waals surface area contributed by atoms with Crippen molar-refractivity contribution in [1.29, 1.82) is 0 Å². The largest absolute Gasteiger partial charge is 0.391 e. The molecule has 8 heteroatoms. The van der Waals surface area contributed by atoms with Crippen LogP contribution in [0.5, 0.6) is 0 Å². The van der Waals surface area contributed by atoms with Crippen molar-refractivity contribution in [2.45, 2.75) is 12.5 Å². The Hall–Kier alpha value is -1.60. The fourth-order valence-electron chi connectivity index (χ4n) is 2.31. The average molecular weight is 314 g/mol. The summed E-state index contributed by atoms with van der Waals surface area (Å²) in [6.07, 6.45) is 1.28. The lowest BCUT2D eigenvalue weighted by Crippen LogP contribution is -2.28. The van der Waals surface area contributed by atoms with Gasteiger partial charge in [0.2, 0.25) is 11.9 Å². The molecular formula is C13H20ClN5O2. The van der Waals surface area contributed by atoms with Crippen molar-refractivity contribution in [2.75, 3.05) is 44.4 Å². The third-order valence-corrected chi connectivity index (χ3v) is 3.87. The number of nitrogens with zero attached hydrogens (tertiary/aromatic N) is 4. The molecule has 0 saturated carbocycles. The Bertz CT molecular complexity index is 525. The quantitative estimate of drug-likeness (QED) is 0.840. The number of rotatable bonds is 4. The molecule has 2 atom stereocenters. The van der Waals surface area contributed by atoms with Crippen molar-refractivity contribution in [3.05, 3.63) is 11.2 Å². The smallest absolute Gasteiger partial charge is 0.227 e. The number of nitrogens with one attached hydrogen (secondary N) is 1. The normalized spacial score (nSPS) is 21.5. The van der Waals surface area contributed by atoms with Gasteiger partial charge in [-0.2, -0.15) is 4.98 Å². The minimum absolute atomic E-state index is 0.00818. The van der Waals surface area contributed by atoms with Crippen LogP contribution in [0.15, 0.2) is 6.20 Å².